The van der Waals surface area contributed by atoms with E-state index in [0.29, 0.717) is 15.7 Å². The van der Waals surface area contributed by atoms with Crippen molar-refractivity contribution in [3.05, 3.63) is 57.0 Å². The maximum Gasteiger partial charge on any atom is 0.262 e. The Bertz CT molecular complexity index is 733. The first-order valence-corrected chi connectivity index (χ1v) is 8.77. The molecule has 0 amide bonds. The lowest BCUT2D eigenvalue weighted by atomic mass is 10.2. The predicted octanol–water partition coefficient (Wildman–Crippen LogP) is 3.47. The van der Waals surface area contributed by atoms with Gasteiger partial charge >= 0.3 is 0 Å². The number of halogens is 2. The summed E-state index contributed by atoms with van der Waals surface area (Å²) in [5.74, 6) is 0. The van der Waals surface area contributed by atoms with Crippen molar-refractivity contribution in [1.82, 2.24) is 0 Å². The molecule has 0 aliphatic rings. The van der Waals surface area contributed by atoms with Crippen LogP contribution in [0.1, 0.15) is 5.56 Å². The van der Waals surface area contributed by atoms with Crippen LogP contribution in [0.2, 0.25) is 0 Å². The van der Waals surface area contributed by atoms with E-state index in [2.05, 4.69) is 36.6 Å². The molecule has 0 heterocycles. The minimum atomic E-state index is -3.67. The van der Waals surface area contributed by atoms with Crippen LogP contribution in [0, 0.1) is 0 Å². The molecule has 0 atom stereocenters. The summed E-state index contributed by atoms with van der Waals surface area (Å²) in [6, 6.07) is 11.9. The van der Waals surface area contributed by atoms with Crippen molar-refractivity contribution < 1.29 is 8.42 Å². The number of hydrogen-bond acceptors (Lipinski definition) is 3. The maximum atomic E-state index is 12.4. The molecule has 2 aromatic rings. The molecule has 0 unspecified atom stereocenters. The van der Waals surface area contributed by atoms with Crippen molar-refractivity contribution >= 4 is 47.6 Å². The summed E-state index contributed by atoms with van der Waals surface area (Å²) in [6.45, 7) is 0.165. The predicted molar refractivity (Wildman–Crippen MR) is 87.0 cm³/mol. The number of anilines is 1. The molecular formula is C13H12Br2N2O2S. The van der Waals surface area contributed by atoms with Gasteiger partial charge in [0.05, 0.1) is 10.6 Å². The molecule has 2 rings (SSSR count). The van der Waals surface area contributed by atoms with Gasteiger partial charge in [-0.1, -0.05) is 34.1 Å². The van der Waals surface area contributed by atoms with E-state index in [4.69, 9.17) is 5.73 Å². The Kier molecular flexibility index (Phi) is 4.85. The first-order valence-electron chi connectivity index (χ1n) is 5.70. The van der Waals surface area contributed by atoms with Crippen molar-refractivity contribution in [2.75, 3.05) is 4.72 Å². The molecule has 0 spiro atoms. The van der Waals surface area contributed by atoms with Crippen molar-refractivity contribution in [2.45, 2.75) is 11.4 Å². The van der Waals surface area contributed by atoms with Gasteiger partial charge in [0.25, 0.3) is 10.0 Å². The van der Waals surface area contributed by atoms with Gasteiger partial charge in [0.1, 0.15) is 0 Å². The third-order valence-corrected chi connectivity index (χ3v) is 5.27. The van der Waals surface area contributed by atoms with Crippen LogP contribution in [0.5, 0.6) is 0 Å². The van der Waals surface area contributed by atoms with E-state index in [1.54, 1.807) is 36.4 Å². The summed E-state index contributed by atoms with van der Waals surface area (Å²) in [6.07, 6.45) is 0. The van der Waals surface area contributed by atoms with Crippen LogP contribution in [-0.2, 0) is 16.6 Å². The summed E-state index contributed by atoms with van der Waals surface area (Å²) in [5.41, 5.74) is 6.63. The van der Waals surface area contributed by atoms with Crippen molar-refractivity contribution in [3.63, 3.8) is 0 Å². The molecule has 0 saturated carbocycles. The Hall–Kier alpha value is -0.890. The molecule has 0 bridgehead atoms. The van der Waals surface area contributed by atoms with Gasteiger partial charge in [0.2, 0.25) is 0 Å². The fourth-order valence-corrected chi connectivity index (χ4v) is 4.32. The Balaban J connectivity index is 2.41. The number of hydrogen-bond donors (Lipinski definition) is 2. The highest BCUT2D eigenvalue weighted by molar-refractivity contribution is 9.11. The van der Waals surface area contributed by atoms with Gasteiger partial charge in [0.15, 0.2) is 0 Å². The average molecular weight is 420 g/mol. The van der Waals surface area contributed by atoms with Crippen LogP contribution in [0.3, 0.4) is 0 Å². The molecule has 0 fully saturated rings. The van der Waals surface area contributed by atoms with Crippen molar-refractivity contribution in [2.24, 2.45) is 5.73 Å². The van der Waals surface area contributed by atoms with E-state index < -0.39 is 10.0 Å². The van der Waals surface area contributed by atoms with Gasteiger partial charge in [-0.2, -0.15) is 0 Å². The molecule has 2 aromatic carbocycles. The number of nitrogens with two attached hydrogens (primary N) is 1. The molecule has 3 N–H and O–H groups in total. The normalized spacial score (nSPS) is 11.3. The SMILES string of the molecule is NCc1ccccc1S(=O)(=O)Nc1ccc(Br)cc1Br. The molecule has 4 nitrogen and oxygen atoms in total. The Morgan fingerprint density at radius 2 is 1.80 bits per heavy atom. The second-order valence-corrected chi connectivity index (χ2v) is 7.46. The fourth-order valence-electron chi connectivity index (χ4n) is 1.71. The summed E-state index contributed by atoms with van der Waals surface area (Å²) < 4.78 is 28.9. The van der Waals surface area contributed by atoms with E-state index in [1.807, 2.05) is 0 Å². The molecule has 0 aromatic heterocycles. The molecule has 0 saturated heterocycles. The first kappa shape index (κ1) is 15.5. The monoisotopic (exact) mass is 418 g/mol. The van der Waals surface area contributed by atoms with Gasteiger partial charge in [-0.05, 0) is 45.8 Å². The fraction of sp³-hybridized carbons (Fsp3) is 0.0769. The standard InChI is InChI=1S/C13H12Br2N2O2S/c14-10-5-6-12(11(15)7-10)17-20(18,19)13-4-2-1-3-9(13)8-16/h1-7,17H,8,16H2. The van der Waals surface area contributed by atoms with Gasteiger partial charge in [-0.25, -0.2) is 8.42 Å². The lowest BCUT2D eigenvalue weighted by molar-refractivity contribution is 0.600. The third kappa shape index (κ3) is 3.41. The van der Waals surface area contributed by atoms with Crippen molar-refractivity contribution in [3.8, 4) is 0 Å². The number of benzene rings is 2. The van der Waals surface area contributed by atoms with Crippen LogP contribution < -0.4 is 10.5 Å². The van der Waals surface area contributed by atoms with Gasteiger partial charge < -0.3 is 5.73 Å². The zero-order valence-corrected chi connectivity index (χ0v) is 14.3. The van der Waals surface area contributed by atoms with Crippen LogP contribution in [-0.4, -0.2) is 8.42 Å². The minimum Gasteiger partial charge on any atom is -0.326 e. The smallest absolute Gasteiger partial charge is 0.262 e. The lowest BCUT2D eigenvalue weighted by Gasteiger charge is -2.12. The molecule has 0 aliphatic carbocycles. The third-order valence-electron chi connectivity index (χ3n) is 2.66. The Morgan fingerprint density at radius 3 is 2.45 bits per heavy atom. The van der Waals surface area contributed by atoms with E-state index in [-0.39, 0.29) is 11.4 Å². The van der Waals surface area contributed by atoms with Gasteiger partial charge in [-0.15, -0.1) is 0 Å². The van der Waals surface area contributed by atoms with E-state index in [9.17, 15) is 8.42 Å². The Labute approximate surface area is 134 Å². The lowest BCUT2D eigenvalue weighted by Crippen LogP contribution is -2.16. The zero-order chi connectivity index (χ0) is 14.8. The van der Waals surface area contributed by atoms with Crippen LogP contribution in [0.4, 0.5) is 5.69 Å². The average Bonchev–Trinajstić information content (AvgIpc) is 2.42. The second-order valence-electron chi connectivity index (χ2n) is 4.04. The largest absolute Gasteiger partial charge is 0.326 e. The zero-order valence-electron chi connectivity index (χ0n) is 10.3. The Morgan fingerprint density at radius 1 is 1.10 bits per heavy atom. The number of sulfonamides is 1. The quantitative estimate of drug-likeness (QED) is 0.796. The first-order chi connectivity index (χ1) is 9.44. The van der Waals surface area contributed by atoms with Gasteiger partial charge in [-0.3, -0.25) is 4.72 Å². The van der Waals surface area contributed by atoms with Crippen LogP contribution in [0.15, 0.2) is 56.3 Å². The number of rotatable bonds is 4. The highest BCUT2D eigenvalue weighted by atomic mass is 79.9. The molecule has 106 valence electrons. The van der Waals surface area contributed by atoms with Crippen LogP contribution in [0.25, 0.3) is 0 Å². The second kappa shape index (κ2) is 6.26. The van der Waals surface area contributed by atoms with E-state index in [1.165, 1.54) is 6.07 Å². The molecule has 7 heteroatoms. The summed E-state index contributed by atoms with van der Waals surface area (Å²) >= 11 is 6.65. The highest BCUT2D eigenvalue weighted by Gasteiger charge is 2.18. The maximum absolute atomic E-state index is 12.4. The number of nitrogens with one attached hydrogen (secondary N) is 1. The molecular weight excluding hydrogens is 408 g/mol. The highest BCUT2D eigenvalue weighted by Crippen LogP contribution is 2.28. The van der Waals surface area contributed by atoms with Crippen molar-refractivity contribution in [1.29, 1.82) is 0 Å². The summed E-state index contributed by atoms with van der Waals surface area (Å²) in [4.78, 5) is 0.192. The minimum absolute atomic E-state index is 0.165. The van der Waals surface area contributed by atoms with Crippen LogP contribution >= 0.6 is 31.9 Å². The summed E-state index contributed by atoms with van der Waals surface area (Å²) in [5, 5.41) is 0. The van der Waals surface area contributed by atoms with Gasteiger partial charge in [0, 0.05) is 15.5 Å². The molecule has 0 radical (unpaired) electrons. The summed E-state index contributed by atoms with van der Waals surface area (Å²) in [7, 11) is -3.67. The molecule has 20 heavy (non-hydrogen) atoms. The van der Waals surface area contributed by atoms with E-state index in [0.717, 1.165) is 4.47 Å². The molecule has 0 aliphatic heterocycles. The van der Waals surface area contributed by atoms with E-state index >= 15 is 0 Å². The topological polar surface area (TPSA) is 72.2 Å².